The maximum absolute atomic E-state index is 13.7. The number of aromatic nitrogens is 2. The number of nitrogens with zero attached hydrogens (tertiary/aromatic N) is 2. The number of nitrogens with one attached hydrogen (secondary N) is 1. The minimum atomic E-state index is -0.549. The molecule has 7 heteroatoms. The lowest BCUT2D eigenvalue weighted by molar-refractivity contribution is 0.0528. The molecule has 0 atom stereocenters. The fourth-order valence-electron chi connectivity index (χ4n) is 2.90. The summed E-state index contributed by atoms with van der Waals surface area (Å²) >= 11 is 1.65. The Balaban J connectivity index is 1.90. The molecule has 0 aliphatic rings. The number of imidazole rings is 1. The van der Waals surface area contributed by atoms with E-state index >= 15 is 0 Å². The summed E-state index contributed by atoms with van der Waals surface area (Å²) in [4.78, 5) is 17.6. The smallest absolute Gasteiger partial charge is 0.407 e. The molecule has 0 radical (unpaired) electrons. The average Bonchev–Trinajstić information content (AvgIpc) is 2.97. The fourth-order valence-corrected chi connectivity index (χ4v) is 3.35. The highest BCUT2D eigenvalue weighted by atomic mass is 32.2. The molecule has 28 heavy (non-hydrogen) atoms. The van der Waals surface area contributed by atoms with Gasteiger partial charge >= 0.3 is 6.09 Å². The number of hydrogen-bond acceptors (Lipinski definition) is 4. The number of amides is 1. The van der Waals surface area contributed by atoms with Crippen molar-refractivity contribution in [2.24, 2.45) is 0 Å². The first-order valence-corrected chi connectivity index (χ1v) is 10.3. The lowest BCUT2D eigenvalue weighted by Crippen LogP contribution is -2.33. The average molecular weight is 402 g/mol. The Labute approximate surface area is 168 Å². The summed E-state index contributed by atoms with van der Waals surface area (Å²) in [5.74, 6) is 0.420. The van der Waals surface area contributed by atoms with Crippen LogP contribution in [-0.2, 0) is 11.2 Å². The standard InChI is InChI=1S/C21H24FN3O2S/c1-21(2,3)27-20(26)23-11-10-19-24-17-12-14(22)8-9-18(17)25(19)15-6-5-7-16(13-15)28-4/h5-9,12-13H,10-11H2,1-4H3,(H,23,26). The molecule has 2 aromatic carbocycles. The third-order valence-electron chi connectivity index (χ3n) is 4.01. The van der Waals surface area contributed by atoms with E-state index in [1.807, 2.05) is 49.8 Å². The number of carbonyl (C=O) groups excluding carboxylic acids is 1. The van der Waals surface area contributed by atoms with E-state index in [-0.39, 0.29) is 5.82 Å². The minimum absolute atomic E-state index is 0.326. The van der Waals surface area contributed by atoms with Gasteiger partial charge in [0.25, 0.3) is 0 Å². The zero-order valence-electron chi connectivity index (χ0n) is 16.5. The van der Waals surface area contributed by atoms with Gasteiger partial charge in [-0.1, -0.05) is 6.07 Å². The number of benzene rings is 2. The topological polar surface area (TPSA) is 56.2 Å². The molecule has 5 nitrogen and oxygen atoms in total. The van der Waals surface area contributed by atoms with Crippen LogP contribution in [0.15, 0.2) is 47.4 Å². The van der Waals surface area contributed by atoms with Crippen molar-refractivity contribution in [1.29, 1.82) is 0 Å². The summed E-state index contributed by atoms with van der Waals surface area (Å²) in [6.07, 6.45) is 2.04. The molecule has 0 aliphatic carbocycles. The summed E-state index contributed by atoms with van der Waals surface area (Å²) in [5.41, 5.74) is 1.81. The molecule has 3 rings (SSSR count). The Morgan fingerprint density at radius 3 is 2.75 bits per heavy atom. The van der Waals surface area contributed by atoms with Crippen LogP contribution in [0.3, 0.4) is 0 Å². The molecular weight excluding hydrogens is 377 g/mol. The quantitative estimate of drug-likeness (QED) is 0.615. The number of ether oxygens (including phenoxy) is 1. The molecule has 1 N–H and O–H groups in total. The van der Waals surface area contributed by atoms with Gasteiger partial charge in [-0.2, -0.15) is 0 Å². The van der Waals surface area contributed by atoms with E-state index in [1.54, 1.807) is 17.8 Å². The molecule has 0 saturated carbocycles. The van der Waals surface area contributed by atoms with Crippen LogP contribution >= 0.6 is 11.8 Å². The molecule has 0 unspecified atom stereocenters. The molecule has 1 heterocycles. The van der Waals surface area contributed by atoms with Crippen LogP contribution in [0.5, 0.6) is 0 Å². The second-order valence-corrected chi connectivity index (χ2v) is 8.26. The maximum Gasteiger partial charge on any atom is 0.407 e. The molecule has 3 aromatic rings. The highest BCUT2D eigenvalue weighted by molar-refractivity contribution is 7.98. The van der Waals surface area contributed by atoms with E-state index in [4.69, 9.17) is 4.74 Å². The molecule has 1 aromatic heterocycles. The second kappa shape index (κ2) is 8.22. The number of fused-ring (bicyclic) bond motifs is 1. The molecule has 0 aliphatic heterocycles. The highest BCUT2D eigenvalue weighted by Gasteiger charge is 2.17. The summed E-state index contributed by atoms with van der Waals surface area (Å²) in [6, 6.07) is 12.7. The van der Waals surface area contributed by atoms with Crippen molar-refractivity contribution in [1.82, 2.24) is 14.9 Å². The predicted molar refractivity (Wildman–Crippen MR) is 111 cm³/mol. The minimum Gasteiger partial charge on any atom is -0.444 e. The summed E-state index contributed by atoms with van der Waals surface area (Å²) in [6.45, 7) is 5.82. The maximum atomic E-state index is 13.7. The molecule has 1 amide bonds. The van der Waals surface area contributed by atoms with Gasteiger partial charge in [-0.05, 0) is 57.4 Å². The number of carbonyl (C=O) groups is 1. The highest BCUT2D eigenvalue weighted by Crippen LogP contribution is 2.25. The van der Waals surface area contributed by atoms with Crippen molar-refractivity contribution in [2.45, 2.75) is 37.7 Å². The van der Waals surface area contributed by atoms with Crippen LogP contribution in [0.2, 0.25) is 0 Å². The van der Waals surface area contributed by atoms with E-state index in [0.717, 1.165) is 21.9 Å². The second-order valence-electron chi connectivity index (χ2n) is 7.38. The van der Waals surface area contributed by atoms with Gasteiger partial charge in [-0.3, -0.25) is 4.57 Å². The largest absolute Gasteiger partial charge is 0.444 e. The Bertz CT molecular complexity index is 995. The van der Waals surface area contributed by atoms with E-state index in [9.17, 15) is 9.18 Å². The van der Waals surface area contributed by atoms with E-state index in [2.05, 4.69) is 16.4 Å². The fraction of sp³-hybridized carbons (Fsp3) is 0.333. The van der Waals surface area contributed by atoms with Gasteiger partial charge in [0, 0.05) is 29.6 Å². The van der Waals surface area contributed by atoms with Gasteiger partial charge in [0.15, 0.2) is 0 Å². The van der Waals surface area contributed by atoms with Gasteiger partial charge in [-0.25, -0.2) is 14.2 Å². The SMILES string of the molecule is CSc1cccc(-n2c(CCNC(=O)OC(C)(C)C)nc3cc(F)ccc32)c1. The van der Waals surface area contributed by atoms with E-state index in [1.165, 1.54) is 12.1 Å². The normalized spacial score (nSPS) is 11.6. The number of hydrogen-bond donors (Lipinski definition) is 1. The van der Waals surface area contributed by atoms with Crippen molar-refractivity contribution in [3.63, 3.8) is 0 Å². The van der Waals surface area contributed by atoms with Crippen LogP contribution in [0, 0.1) is 5.82 Å². The van der Waals surface area contributed by atoms with Gasteiger partial charge in [0.05, 0.1) is 11.0 Å². The van der Waals surface area contributed by atoms with Gasteiger partial charge < -0.3 is 10.1 Å². The van der Waals surface area contributed by atoms with Crippen LogP contribution in [0.25, 0.3) is 16.7 Å². The Morgan fingerprint density at radius 1 is 1.25 bits per heavy atom. The summed E-state index contributed by atoms with van der Waals surface area (Å²) in [7, 11) is 0. The van der Waals surface area contributed by atoms with E-state index in [0.29, 0.717) is 18.5 Å². The first-order chi connectivity index (χ1) is 13.3. The number of thioether (sulfide) groups is 1. The van der Waals surface area contributed by atoms with Crippen LogP contribution in [0.1, 0.15) is 26.6 Å². The van der Waals surface area contributed by atoms with Crippen LogP contribution < -0.4 is 5.32 Å². The van der Waals surface area contributed by atoms with Gasteiger partial charge in [0.2, 0.25) is 0 Å². The number of rotatable bonds is 5. The van der Waals surface area contributed by atoms with Gasteiger partial charge in [0.1, 0.15) is 17.2 Å². The van der Waals surface area contributed by atoms with Crippen molar-refractivity contribution < 1.29 is 13.9 Å². The third kappa shape index (κ3) is 4.84. The lowest BCUT2D eigenvalue weighted by atomic mass is 10.2. The zero-order valence-corrected chi connectivity index (χ0v) is 17.3. The van der Waals surface area contributed by atoms with Crippen molar-refractivity contribution >= 4 is 28.9 Å². The molecule has 0 fully saturated rings. The Morgan fingerprint density at radius 2 is 2.04 bits per heavy atom. The van der Waals surface area contributed by atoms with Crippen molar-refractivity contribution in [3.8, 4) is 5.69 Å². The first-order valence-electron chi connectivity index (χ1n) is 9.05. The summed E-state index contributed by atoms with van der Waals surface area (Å²) in [5, 5.41) is 2.75. The monoisotopic (exact) mass is 401 g/mol. The van der Waals surface area contributed by atoms with Crippen molar-refractivity contribution in [3.05, 3.63) is 54.1 Å². The first kappa shape index (κ1) is 20.2. The Hall–Kier alpha value is -2.54. The van der Waals surface area contributed by atoms with E-state index < -0.39 is 11.7 Å². The van der Waals surface area contributed by atoms with Crippen LogP contribution in [-0.4, -0.2) is 34.0 Å². The Kier molecular flexibility index (Phi) is 5.93. The lowest BCUT2D eigenvalue weighted by Gasteiger charge is -2.19. The number of halogens is 1. The molecule has 0 saturated heterocycles. The third-order valence-corrected chi connectivity index (χ3v) is 4.74. The molecule has 0 bridgehead atoms. The molecule has 148 valence electrons. The predicted octanol–water partition coefficient (Wildman–Crippen LogP) is 4.95. The number of alkyl carbamates (subject to hydrolysis) is 1. The summed E-state index contributed by atoms with van der Waals surface area (Å²) < 4.78 is 21.0. The molecular formula is C21H24FN3O2S. The van der Waals surface area contributed by atoms with Crippen molar-refractivity contribution in [2.75, 3.05) is 12.8 Å². The van der Waals surface area contributed by atoms with Gasteiger partial charge in [-0.15, -0.1) is 11.8 Å². The zero-order chi connectivity index (χ0) is 20.3. The molecule has 0 spiro atoms. The van der Waals surface area contributed by atoms with Crippen LogP contribution in [0.4, 0.5) is 9.18 Å².